The maximum atomic E-state index is 13.5. The van der Waals surface area contributed by atoms with Crippen molar-refractivity contribution in [3.8, 4) is 0 Å². The van der Waals surface area contributed by atoms with Gasteiger partial charge in [0.25, 0.3) is 0 Å². The minimum atomic E-state index is -0.0247. The standard InChI is InChI=1S/C22H22O/c23-20-21(14-18(21)16-8-3-1-4-9-16)12-7-13-22(20)15-19(22)17-10-5-2-6-11-17/h1-6,8-11,18-19H,7,12-15H2/t18-,19+,21-,22-/m1/s1. The summed E-state index contributed by atoms with van der Waals surface area (Å²) in [6, 6.07) is 21.4. The lowest BCUT2D eigenvalue weighted by Crippen LogP contribution is -2.33. The Hall–Kier alpha value is -1.89. The third-order valence-electron chi connectivity index (χ3n) is 6.70. The molecule has 3 aliphatic carbocycles. The number of carbonyl (C=O) groups is 1. The second-order valence-corrected chi connectivity index (χ2v) is 7.83. The molecule has 5 rings (SSSR count). The summed E-state index contributed by atoms with van der Waals surface area (Å²) in [4.78, 5) is 13.5. The Morgan fingerprint density at radius 3 is 1.57 bits per heavy atom. The van der Waals surface area contributed by atoms with Crippen LogP contribution in [0, 0.1) is 10.8 Å². The van der Waals surface area contributed by atoms with Crippen LogP contribution in [0.25, 0.3) is 0 Å². The minimum Gasteiger partial charge on any atom is -0.298 e. The molecule has 1 heteroatoms. The van der Waals surface area contributed by atoms with Crippen LogP contribution >= 0.6 is 0 Å². The lowest BCUT2D eigenvalue weighted by atomic mass is 9.72. The van der Waals surface area contributed by atoms with Gasteiger partial charge in [0.2, 0.25) is 0 Å². The van der Waals surface area contributed by atoms with Crippen molar-refractivity contribution in [2.24, 2.45) is 10.8 Å². The molecule has 0 heterocycles. The Morgan fingerprint density at radius 2 is 1.13 bits per heavy atom. The fourth-order valence-electron chi connectivity index (χ4n) is 5.35. The fourth-order valence-corrected chi connectivity index (χ4v) is 5.35. The predicted octanol–water partition coefficient (Wildman–Crippen LogP) is 5.09. The van der Waals surface area contributed by atoms with Crippen molar-refractivity contribution in [2.45, 2.75) is 43.9 Å². The van der Waals surface area contributed by atoms with E-state index in [0.717, 1.165) is 25.7 Å². The van der Waals surface area contributed by atoms with Gasteiger partial charge in [0.15, 0.2) is 0 Å². The van der Waals surface area contributed by atoms with Crippen LogP contribution in [-0.4, -0.2) is 5.78 Å². The number of Topliss-reactive ketones (excluding diaryl/α,β-unsaturated/α-hetero) is 1. The van der Waals surface area contributed by atoms with Gasteiger partial charge < -0.3 is 0 Å². The van der Waals surface area contributed by atoms with Gasteiger partial charge in [-0.2, -0.15) is 0 Å². The molecule has 23 heavy (non-hydrogen) atoms. The molecule has 0 saturated heterocycles. The smallest absolute Gasteiger partial charge is 0.146 e. The van der Waals surface area contributed by atoms with E-state index in [-0.39, 0.29) is 10.8 Å². The van der Waals surface area contributed by atoms with Crippen LogP contribution in [0.5, 0.6) is 0 Å². The Labute approximate surface area is 137 Å². The average molecular weight is 302 g/mol. The molecular formula is C22H22O. The number of carbonyl (C=O) groups excluding carboxylic acids is 1. The quantitative estimate of drug-likeness (QED) is 0.755. The Kier molecular flexibility index (Phi) is 2.69. The molecule has 2 aromatic carbocycles. The summed E-state index contributed by atoms with van der Waals surface area (Å²) in [6.07, 6.45) is 5.60. The lowest BCUT2D eigenvalue weighted by Gasteiger charge is -2.30. The van der Waals surface area contributed by atoms with E-state index in [1.165, 1.54) is 17.5 Å². The second-order valence-electron chi connectivity index (χ2n) is 7.83. The van der Waals surface area contributed by atoms with E-state index in [4.69, 9.17) is 0 Å². The van der Waals surface area contributed by atoms with Crippen LogP contribution in [0.15, 0.2) is 60.7 Å². The summed E-state index contributed by atoms with van der Waals surface area (Å²) in [7, 11) is 0. The molecule has 0 bridgehead atoms. The Balaban J connectivity index is 1.44. The molecule has 2 spiro atoms. The predicted molar refractivity (Wildman–Crippen MR) is 91.3 cm³/mol. The number of rotatable bonds is 2. The SMILES string of the molecule is O=C1[C@]2(CCC[C@]13C[C@H]3c1ccccc1)C[C@@H]2c1ccccc1. The van der Waals surface area contributed by atoms with Crippen molar-refractivity contribution >= 4 is 5.78 Å². The van der Waals surface area contributed by atoms with Crippen LogP contribution in [0.3, 0.4) is 0 Å². The fraction of sp³-hybridized carbons (Fsp3) is 0.409. The van der Waals surface area contributed by atoms with Gasteiger partial charge in [-0.05, 0) is 48.6 Å². The molecule has 0 aromatic heterocycles. The third kappa shape index (κ3) is 1.83. The first-order chi connectivity index (χ1) is 11.3. The molecule has 3 fully saturated rings. The molecule has 2 aromatic rings. The van der Waals surface area contributed by atoms with E-state index in [0.29, 0.717) is 17.6 Å². The highest BCUT2D eigenvalue weighted by Crippen LogP contribution is 2.75. The van der Waals surface area contributed by atoms with Gasteiger partial charge in [0.1, 0.15) is 5.78 Å². The zero-order chi connectivity index (χ0) is 15.5. The van der Waals surface area contributed by atoms with Crippen molar-refractivity contribution in [1.29, 1.82) is 0 Å². The van der Waals surface area contributed by atoms with E-state index >= 15 is 0 Å². The molecule has 0 radical (unpaired) electrons. The zero-order valence-corrected chi connectivity index (χ0v) is 13.4. The summed E-state index contributed by atoms with van der Waals surface area (Å²) in [5, 5.41) is 0. The first-order valence-corrected chi connectivity index (χ1v) is 8.91. The van der Waals surface area contributed by atoms with Crippen molar-refractivity contribution in [3.05, 3.63) is 71.8 Å². The molecule has 1 nitrogen and oxygen atoms in total. The lowest BCUT2D eigenvalue weighted by molar-refractivity contribution is -0.132. The number of hydrogen-bond donors (Lipinski definition) is 0. The van der Waals surface area contributed by atoms with Gasteiger partial charge in [-0.1, -0.05) is 67.1 Å². The van der Waals surface area contributed by atoms with Crippen molar-refractivity contribution in [2.75, 3.05) is 0 Å². The molecular weight excluding hydrogens is 280 g/mol. The van der Waals surface area contributed by atoms with E-state index in [1.807, 2.05) is 0 Å². The van der Waals surface area contributed by atoms with Gasteiger partial charge in [-0.3, -0.25) is 4.79 Å². The molecule has 0 unspecified atom stereocenters. The first kappa shape index (κ1) is 13.5. The van der Waals surface area contributed by atoms with E-state index in [2.05, 4.69) is 60.7 Å². The van der Waals surface area contributed by atoms with Gasteiger partial charge >= 0.3 is 0 Å². The van der Waals surface area contributed by atoms with Crippen LogP contribution in [0.1, 0.15) is 55.1 Å². The molecule has 4 atom stereocenters. The maximum Gasteiger partial charge on any atom is 0.146 e. The van der Waals surface area contributed by atoms with Gasteiger partial charge in [0, 0.05) is 10.8 Å². The highest BCUT2D eigenvalue weighted by Gasteiger charge is 2.72. The Bertz CT molecular complexity index is 687. The normalized spacial score (nSPS) is 38.0. The summed E-state index contributed by atoms with van der Waals surface area (Å²) < 4.78 is 0. The minimum absolute atomic E-state index is 0.0247. The van der Waals surface area contributed by atoms with Crippen molar-refractivity contribution in [1.82, 2.24) is 0 Å². The monoisotopic (exact) mass is 302 g/mol. The van der Waals surface area contributed by atoms with E-state index < -0.39 is 0 Å². The summed E-state index contributed by atoms with van der Waals surface area (Å²) >= 11 is 0. The third-order valence-corrected chi connectivity index (χ3v) is 6.70. The molecule has 3 saturated carbocycles. The number of ketones is 1. The topological polar surface area (TPSA) is 17.1 Å². The second kappa shape index (κ2) is 4.56. The van der Waals surface area contributed by atoms with Crippen LogP contribution in [-0.2, 0) is 4.79 Å². The summed E-state index contributed by atoms with van der Waals surface area (Å²) in [5.41, 5.74) is 2.69. The maximum absolute atomic E-state index is 13.5. The molecule has 116 valence electrons. The highest BCUT2D eigenvalue weighted by molar-refractivity contribution is 5.98. The summed E-state index contributed by atoms with van der Waals surface area (Å²) in [5.74, 6) is 1.55. The van der Waals surface area contributed by atoms with Crippen LogP contribution < -0.4 is 0 Å². The highest BCUT2D eigenvalue weighted by atomic mass is 16.1. The van der Waals surface area contributed by atoms with Crippen LogP contribution in [0.2, 0.25) is 0 Å². The average Bonchev–Trinajstić information content (AvgIpc) is 3.50. The van der Waals surface area contributed by atoms with Crippen molar-refractivity contribution in [3.63, 3.8) is 0 Å². The van der Waals surface area contributed by atoms with E-state index in [9.17, 15) is 4.79 Å². The Morgan fingerprint density at radius 1 is 0.696 bits per heavy atom. The molecule has 0 aliphatic heterocycles. The molecule has 0 N–H and O–H groups in total. The van der Waals surface area contributed by atoms with Crippen molar-refractivity contribution < 1.29 is 4.79 Å². The zero-order valence-electron chi connectivity index (χ0n) is 13.4. The molecule has 3 aliphatic rings. The molecule has 0 amide bonds. The van der Waals surface area contributed by atoms with E-state index in [1.54, 1.807) is 0 Å². The number of hydrogen-bond acceptors (Lipinski definition) is 1. The van der Waals surface area contributed by atoms with Gasteiger partial charge in [0.05, 0.1) is 0 Å². The number of benzene rings is 2. The summed E-state index contributed by atoms with van der Waals surface area (Å²) in [6.45, 7) is 0. The van der Waals surface area contributed by atoms with Gasteiger partial charge in [-0.15, -0.1) is 0 Å². The first-order valence-electron chi connectivity index (χ1n) is 8.91. The van der Waals surface area contributed by atoms with Crippen LogP contribution in [0.4, 0.5) is 0 Å². The van der Waals surface area contributed by atoms with Gasteiger partial charge in [-0.25, -0.2) is 0 Å². The largest absolute Gasteiger partial charge is 0.298 e.